The lowest BCUT2D eigenvalue weighted by Crippen LogP contribution is -2.63. The van der Waals surface area contributed by atoms with E-state index in [9.17, 15) is 45.5 Å². The standard InChI is InChI=1S/C36H33F6N3O4.C5H12N2O/c1-24(13-26-11-12-28-9-5-6-10-29(28)14-26)18-45(32-20-43(33(47)21-44(32)23-46)19-25-7-3-2-4-8-25)34(48)49-22-27-15-30(35(37,38)39)17-31(16-27)36(40,41)42;1-3-4-7-5(8)6-2/h2-12,14-17,23-24,32H,13,18-22H2,1H3;3-4H2,1-2H3,(H2,6,7,8). The van der Waals surface area contributed by atoms with Gasteiger partial charge in [0, 0.05) is 26.7 Å². The number of piperazine rings is 1. The maximum atomic E-state index is 13.8. The summed E-state index contributed by atoms with van der Waals surface area (Å²) in [6.07, 6.45) is -10.4. The molecule has 1 aliphatic rings. The van der Waals surface area contributed by atoms with Gasteiger partial charge in [-0.25, -0.2) is 9.59 Å². The number of hydrogen-bond acceptors (Lipinski definition) is 5. The highest BCUT2D eigenvalue weighted by molar-refractivity contribution is 5.83. The van der Waals surface area contributed by atoms with E-state index >= 15 is 0 Å². The summed E-state index contributed by atoms with van der Waals surface area (Å²) in [6, 6.07) is 23.6. The molecular formula is C41H45F6N5O5. The van der Waals surface area contributed by atoms with Crippen molar-refractivity contribution in [3.05, 3.63) is 119 Å². The topological polar surface area (TPSA) is 111 Å². The molecule has 0 bridgehead atoms. The number of fused-ring (bicyclic) bond motifs is 1. The minimum Gasteiger partial charge on any atom is -0.444 e. The lowest BCUT2D eigenvalue weighted by atomic mass is 9.98. The van der Waals surface area contributed by atoms with Crippen LogP contribution >= 0.6 is 0 Å². The van der Waals surface area contributed by atoms with Gasteiger partial charge in [0.15, 0.2) is 0 Å². The minimum atomic E-state index is -5.08. The largest absolute Gasteiger partial charge is 0.444 e. The van der Waals surface area contributed by atoms with Crippen molar-refractivity contribution >= 4 is 35.2 Å². The van der Waals surface area contributed by atoms with Crippen LogP contribution in [0.1, 0.15) is 48.1 Å². The Morgan fingerprint density at radius 2 is 1.51 bits per heavy atom. The zero-order valence-electron chi connectivity index (χ0n) is 31.7. The van der Waals surface area contributed by atoms with E-state index < -0.39 is 47.9 Å². The molecule has 0 aromatic heterocycles. The molecular weight excluding hydrogens is 756 g/mol. The molecule has 2 N–H and O–H groups in total. The predicted octanol–water partition coefficient (Wildman–Crippen LogP) is 7.85. The molecule has 5 amide bonds. The van der Waals surface area contributed by atoms with Crippen LogP contribution in [-0.4, -0.2) is 78.5 Å². The molecule has 16 heteroatoms. The highest BCUT2D eigenvalue weighted by Crippen LogP contribution is 2.36. The molecule has 2 atom stereocenters. The Balaban J connectivity index is 0.000000812. The number of rotatable bonds is 12. The predicted molar refractivity (Wildman–Crippen MR) is 201 cm³/mol. The molecule has 0 radical (unpaired) electrons. The molecule has 306 valence electrons. The fourth-order valence-corrected chi connectivity index (χ4v) is 6.25. The van der Waals surface area contributed by atoms with Crippen LogP contribution in [0.2, 0.25) is 0 Å². The van der Waals surface area contributed by atoms with Crippen LogP contribution in [0.25, 0.3) is 10.8 Å². The second-order valence-corrected chi connectivity index (χ2v) is 13.6. The maximum absolute atomic E-state index is 13.8. The Morgan fingerprint density at radius 3 is 2.11 bits per heavy atom. The highest BCUT2D eigenvalue weighted by atomic mass is 19.4. The summed E-state index contributed by atoms with van der Waals surface area (Å²) in [4.78, 5) is 53.2. The fourth-order valence-electron chi connectivity index (χ4n) is 6.25. The zero-order valence-corrected chi connectivity index (χ0v) is 31.7. The number of carbonyl (C=O) groups is 4. The molecule has 1 heterocycles. The average molecular weight is 802 g/mol. The molecule has 0 saturated carbocycles. The van der Waals surface area contributed by atoms with Gasteiger partial charge in [-0.05, 0) is 64.4 Å². The number of carbonyl (C=O) groups excluding carboxylic acids is 4. The first kappa shape index (κ1) is 43.9. The SMILES string of the molecule is CC(Cc1ccc2ccccc2c1)CN(C(=O)OCc1cc(C(F)(F)F)cc(C(F)(F)F)c1)C1CN(Cc2ccccc2)C(=O)CN1C=O.CCCNC(=O)NC. The number of ether oxygens (including phenoxy) is 1. The molecule has 0 aliphatic carbocycles. The van der Waals surface area contributed by atoms with E-state index in [0.29, 0.717) is 25.0 Å². The van der Waals surface area contributed by atoms with Gasteiger partial charge in [0.05, 0.1) is 17.7 Å². The molecule has 1 saturated heterocycles. The summed E-state index contributed by atoms with van der Waals surface area (Å²) < 4.78 is 86.2. The third kappa shape index (κ3) is 12.9. The van der Waals surface area contributed by atoms with Crippen LogP contribution in [0.3, 0.4) is 0 Å². The first-order valence-corrected chi connectivity index (χ1v) is 18.2. The molecule has 4 aromatic carbocycles. The van der Waals surface area contributed by atoms with Crippen molar-refractivity contribution in [2.45, 2.75) is 58.4 Å². The number of nitrogens with zero attached hydrogens (tertiary/aromatic N) is 3. The monoisotopic (exact) mass is 801 g/mol. The Bertz CT molecular complexity index is 1950. The number of hydrogen-bond donors (Lipinski definition) is 2. The summed E-state index contributed by atoms with van der Waals surface area (Å²) >= 11 is 0. The van der Waals surface area contributed by atoms with Crippen molar-refractivity contribution in [2.75, 3.05) is 33.2 Å². The van der Waals surface area contributed by atoms with Crippen molar-refractivity contribution in [1.82, 2.24) is 25.3 Å². The van der Waals surface area contributed by atoms with Gasteiger partial charge in [-0.2, -0.15) is 26.3 Å². The number of alkyl halides is 6. The van der Waals surface area contributed by atoms with Gasteiger partial charge in [0.25, 0.3) is 0 Å². The van der Waals surface area contributed by atoms with E-state index in [2.05, 4.69) is 10.6 Å². The summed E-state index contributed by atoms with van der Waals surface area (Å²) in [7, 11) is 1.60. The van der Waals surface area contributed by atoms with Crippen molar-refractivity contribution in [1.29, 1.82) is 0 Å². The van der Waals surface area contributed by atoms with Gasteiger partial charge in [-0.1, -0.05) is 86.6 Å². The van der Waals surface area contributed by atoms with Gasteiger partial charge in [0.1, 0.15) is 19.3 Å². The Morgan fingerprint density at radius 1 is 0.877 bits per heavy atom. The normalized spacial score (nSPS) is 15.0. The molecule has 2 unspecified atom stereocenters. The number of nitrogens with one attached hydrogen (secondary N) is 2. The van der Waals surface area contributed by atoms with Crippen LogP contribution in [0.15, 0.2) is 91.0 Å². The van der Waals surface area contributed by atoms with Crippen molar-refractivity contribution < 1.29 is 50.3 Å². The molecule has 10 nitrogen and oxygen atoms in total. The van der Waals surface area contributed by atoms with Crippen LogP contribution in [-0.2, 0) is 46.3 Å². The van der Waals surface area contributed by atoms with Gasteiger partial charge in [-0.15, -0.1) is 0 Å². The Labute approximate surface area is 326 Å². The van der Waals surface area contributed by atoms with E-state index in [-0.39, 0.29) is 50.1 Å². The van der Waals surface area contributed by atoms with Gasteiger partial charge in [-0.3, -0.25) is 14.5 Å². The molecule has 4 aromatic rings. The summed E-state index contributed by atoms with van der Waals surface area (Å²) in [5.41, 5.74) is -1.83. The van der Waals surface area contributed by atoms with Crippen molar-refractivity contribution in [3.8, 4) is 0 Å². The van der Waals surface area contributed by atoms with Crippen molar-refractivity contribution in [2.24, 2.45) is 5.92 Å². The third-order valence-corrected chi connectivity index (χ3v) is 9.06. The van der Waals surface area contributed by atoms with Crippen LogP contribution in [0, 0.1) is 5.92 Å². The first-order chi connectivity index (χ1) is 27.0. The lowest BCUT2D eigenvalue weighted by molar-refractivity contribution is -0.149. The lowest BCUT2D eigenvalue weighted by Gasteiger charge is -2.44. The van der Waals surface area contributed by atoms with Crippen LogP contribution in [0.5, 0.6) is 0 Å². The van der Waals surface area contributed by atoms with E-state index in [0.717, 1.165) is 39.8 Å². The number of urea groups is 1. The van der Waals surface area contributed by atoms with Crippen LogP contribution in [0.4, 0.5) is 35.9 Å². The smallest absolute Gasteiger partial charge is 0.416 e. The first-order valence-electron chi connectivity index (χ1n) is 18.2. The molecule has 1 aliphatic heterocycles. The van der Waals surface area contributed by atoms with E-state index in [1.807, 2.05) is 74.5 Å². The van der Waals surface area contributed by atoms with E-state index in [1.54, 1.807) is 19.2 Å². The second-order valence-electron chi connectivity index (χ2n) is 13.6. The third-order valence-electron chi connectivity index (χ3n) is 9.06. The fraction of sp³-hybridized carbons (Fsp3) is 0.366. The maximum Gasteiger partial charge on any atom is 0.416 e. The second kappa shape index (κ2) is 19.9. The molecule has 1 fully saturated rings. The van der Waals surface area contributed by atoms with Gasteiger partial charge in [0.2, 0.25) is 12.3 Å². The average Bonchev–Trinajstić information content (AvgIpc) is 3.18. The number of halogens is 6. The van der Waals surface area contributed by atoms with E-state index in [4.69, 9.17) is 4.74 Å². The molecule has 57 heavy (non-hydrogen) atoms. The summed E-state index contributed by atoms with van der Waals surface area (Å²) in [5.74, 6) is -0.624. The Hall–Kier alpha value is -5.80. The quantitative estimate of drug-likeness (QED) is 0.112. The summed E-state index contributed by atoms with van der Waals surface area (Å²) in [5, 5.41) is 7.13. The number of amides is 5. The van der Waals surface area contributed by atoms with Gasteiger partial charge >= 0.3 is 24.5 Å². The zero-order chi connectivity index (χ0) is 41.8. The summed E-state index contributed by atoms with van der Waals surface area (Å²) in [6.45, 7) is 3.43. The van der Waals surface area contributed by atoms with Crippen molar-refractivity contribution in [3.63, 3.8) is 0 Å². The molecule has 5 rings (SSSR count). The molecule has 0 spiro atoms. The van der Waals surface area contributed by atoms with Gasteiger partial charge < -0.3 is 25.2 Å². The minimum absolute atomic E-state index is 0.00554. The Kier molecular flexibility index (Phi) is 15.3. The highest BCUT2D eigenvalue weighted by Gasteiger charge is 2.40. The van der Waals surface area contributed by atoms with Crippen LogP contribution < -0.4 is 10.6 Å². The number of benzene rings is 4. The van der Waals surface area contributed by atoms with E-state index in [1.165, 1.54) is 9.80 Å².